The zero-order chi connectivity index (χ0) is 20.0. The van der Waals surface area contributed by atoms with E-state index in [4.69, 9.17) is 10.7 Å². The number of rotatable bonds is 2. The van der Waals surface area contributed by atoms with Crippen molar-refractivity contribution in [3.63, 3.8) is 0 Å². The number of benzene rings is 1. The van der Waals surface area contributed by atoms with E-state index in [1.165, 1.54) is 6.07 Å². The zero-order valence-corrected chi connectivity index (χ0v) is 16.5. The summed E-state index contributed by atoms with van der Waals surface area (Å²) in [5, 5.41) is 3.21. The van der Waals surface area contributed by atoms with Gasteiger partial charge in [0.2, 0.25) is 0 Å². The van der Waals surface area contributed by atoms with Crippen molar-refractivity contribution in [3.8, 4) is 0 Å². The lowest BCUT2D eigenvalue weighted by molar-refractivity contribution is 0.313. The van der Waals surface area contributed by atoms with E-state index in [-0.39, 0.29) is 11.9 Å². The average Bonchev–Trinajstić information content (AvgIpc) is 2.73. The van der Waals surface area contributed by atoms with E-state index in [2.05, 4.69) is 39.3 Å². The molecule has 5 rings (SSSR count). The van der Waals surface area contributed by atoms with Crippen LogP contribution in [0.4, 0.5) is 10.1 Å². The van der Waals surface area contributed by atoms with Gasteiger partial charge in [0.05, 0.1) is 23.3 Å². The molecule has 0 amide bonds. The monoisotopic (exact) mass is 392 g/mol. The lowest BCUT2D eigenvalue weighted by atomic mass is 9.84. The van der Waals surface area contributed by atoms with Gasteiger partial charge in [0.25, 0.3) is 0 Å². The summed E-state index contributed by atoms with van der Waals surface area (Å²) in [6, 6.07) is 8.92. The number of nitrogens with one attached hydrogen (secondary N) is 1. The maximum absolute atomic E-state index is 13.6. The highest BCUT2D eigenvalue weighted by molar-refractivity contribution is 5.92. The number of pyridine rings is 1. The van der Waals surface area contributed by atoms with Crippen molar-refractivity contribution >= 4 is 17.3 Å². The Morgan fingerprint density at radius 3 is 2.69 bits per heavy atom. The molecule has 3 heterocycles. The van der Waals surface area contributed by atoms with Gasteiger partial charge in [-0.3, -0.25) is 4.98 Å². The highest BCUT2D eigenvalue weighted by atomic mass is 19.1. The van der Waals surface area contributed by atoms with Crippen LogP contribution in [-0.4, -0.2) is 49.1 Å². The summed E-state index contributed by atoms with van der Waals surface area (Å²) in [7, 11) is 2.15. The van der Waals surface area contributed by atoms with Gasteiger partial charge in [-0.25, -0.2) is 9.38 Å². The van der Waals surface area contributed by atoms with Crippen molar-refractivity contribution in [1.82, 2.24) is 15.2 Å². The van der Waals surface area contributed by atoms with Crippen molar-refractivity contribution in [2.24, 2.45) is 10.7 Å². The molecule has 0 spiro atoms. The number of aliphatic imine (C=N–C) groups is 1. The van der Waals surface area contributed by atoms with Gasteiger partial charge >= 0.3 is 0 Å². The van der Waals surface area contributed by atoms with Crippen LogP contribution in [0, 0.1) is 5.82 Å². The number of halogens is 1. The van der Waals surface area contributed by atoms with E-state index in [1.54, 1.807) is 6.07 Å². The minimum atomic E-state index is -0.206. The van der Waals surface area contributed by atoms with Crippen LogP contribution in [0.3, 0.4) is 0 Å². The Hall–Kier alpha value is -2.93. The first-order valence-corrected chi connectivity index (χ1v) is 10.1. The van der Waals surface area contributed by atoms with E-state index < -0.39 is 0 Å². The first kappa shape index (κ1) is 18.1. The fraction of sp³-hybridized carbons (Fsp3) is 0.364. The van der Waals surface area contributed by atoms with Gasteiger partial charge in [-0.1, -0.05) is 0 Å². The van der Waals surface area contributed by atoms with E-state index in [1.807, 2.05) is 12.3 Å². The highest BCUT2D eigenvalue weighted by Crippen LogP contribution is 2.40. The molecule has 1 unspecified atom stereocenters. The van der Waals surface area contributed by atoms with Gasteiger partial charge in [-0.2, -0.15) is 0 Å². The van der Waals surface area contributed by atoms with Crippen LogP contribution in [0.1, 0.15) is 29.3 Å². The minimum Gasteiger partial charge on any atom is -0.370 e. The Labute approximate surface area is 169 Å². The standard InChI is InChI=1S/C22H25FN6/c1-28-8-10-29(11-9-28)16-4-7-19(25-13-16)21-18-5-2-14-12-15(23)3-6-17(14)20(18)26-22(24)27-21/h3-4,6-7,12-13,21H,2,5,8-11H2,1H3,(H3,24,26,27). The van der Waals surface area contributed by atoms with E-state index in [9.17, 15) is 4.39 Å². The molecular formula is C22H25FN6. The molecule has 6 nitrogen and oxygen atoms in total. The summed E-state index contributed by atoms with van der Waals surface area (Å²) < 4.78 is 13.6. The molecule has 1 atom stereocenters. The maximum atomic E-state index is 13.6. The number of hydrogen-bond donors (Lipinski definition) is 2. The van der Waals surface area contributed by atoms with Crippen LogP contribution < -0.4 is 16.0 Å². The van der Waals surface area contributed by atoms with Gasteiger partial charge in [0.1, 0.15) is 11.9 Å². The number of nitrogens with zero attached hydrogens (tertiary/aromatic N) is 4. The Kier molecular flexibility index (Phi) is 4.47. The summed E-state index contributed by atoms with van der Waals surface area (Å²) in [6.45, 7) is 4.15. The third-order valence-corrected chi connectivity index (χ3v) is 6.09. The van der Waals surface area contributed by atoms with Crippen molar-refractivity contribution in [1.29, 1.82) is 0 Å². The smallest absolute Gasteiger partial charge is 0.194 e. The lowest BCUT2D eigenvalue weighted by Crippen LogP contribution is -2.44. The van der Waals surface area contributed by atoms with Gasteiger partial charge in [0, 0.05) is 31.7 Å². The molecule has 0 saturated carbocycles. The summed E-state index contributed by atoms with van der Waals surface area (Å²) in [5.41, 5.74) is 12.3. The molecule has 150 valence electrons. The quantitative estimate of drug-likeness (QED) is 0.821. The number of aromatic nitrogens is 1. The summed E-state index contributed by atoms with van der Waals surface area (Å²) in [4.78, 5) is 14.1. The van der Waals surface area contributed by atoms with Gasteiger partial charge in [-0.15, -0.1) is 0 Å². The molecule has 1 saturated heterocycles. The summed E-state index contributed by atoms with van der Waals surface area (Å²) >= 11 is 0. The second kappa shape index (κ2) is 7.15. The maximum Gasteiger partial charge on any atom is 0.194 e. The molecular weight excluding hydrogens is 367 g/mol. The van der Waals surface area contributed by atoms with Crippen molar-refractivity contribution in [2.75, 3.05) is 38.1 Å². The number of fused-ring (bicyclic) bond motifs is 2. The topological polar surface area (TPSA) is 69.8 Å². The highest BCUT2D eigenvalue weighted by Gasteiger charge is 2.30. The Morgan fingerprint density at radius 2 is 1.93 bits per heavy atom. The number of anilines is 1. The number of likely N-dealkylation sites (N-methyl/N-ethyl adjacent to an activating group) is 1. The predicted octanol–water partition coefficient (Wildman–Crippen LogP) is 2.29. The van der Waals surface area contributed by atoms with E-state index >= 15 is 0 Å². The normalized spacial score (nSPS) is 21.9. The summed E-state index contributed by atoms with van der Waals surface area (Å²) in [5.74, 6) is 0.166. The molecule has 29 heavy (non-hydrogen) atoms. The van der Waals surface area contributed by atoms with Crippen LogP contribution in [0.15, 0.2) is 47.1 Å². The second-order valence-corrected chi connectivity index (χ2v) is 7.98. The Balaban J connectivity index is 1.46. The molecule has 2 aromatic rings. The molecule has 1 aromatic carbocycles. The SMILES string of the molecule is CN1CCN(c2ccc(C3N=C(N)NC4=C3CCc3cc(F)ccc34)nc2)CC1. The number of guanidine groups is 1. The number of aryl methyl sites for hydroxylation is 1. The fourth-order valence-electron chi connectivity index (χ4n) is 4.43. The third-order valence-electron chi connectivity index (χ3n) is 6.09. The molecule has 0 bridgehead atoms. The van der Waals surface area contributed by atoms with Gasteiger partial charge < -0.3 is 20.9 Å². The molecule has 1 fully saturated rings. The van der Waals surface area contributed by atoms with Crippen molar-refractivity contribution in [2.45, 2.75) is 18.9 Å². The second-order valence-electron chi connectivity index (χ2n) is 7.98. The number of piperazine rings is 1. The van der Waals surface area contributed by atoms with Crippen LogP contribution in [0.25, 0.3) is 5.70 Å². The van der Waals surface area contributed by atoms with Crippen LogP contribution in [0.5, 0.6) is 0 Å². The van der Waals surface area contributed by atoms with Crippen molar-refractivity contribution in [3.05, 3.63) is 64.7 Å². The largest absolute Gasteiger partial charge is 0.370 e. The lowest BCUT2D eigenvalue weighted by Gasteiger charge is -2.34. The third kappa shape index (κ3) is 3.35. The van der Waals surface area contributed by atoms with Gasteiger partial charge in [-0.05, 0) is 61.4 Å². The van der Waals surface area contributed by atoms with Crippen molar-refractivity contribution < 1.29 is 4.39 Å². The molecule has 1 aromatic heterocycles. The Bertz CT molecular complexity index is 989. The van der Waals surface area contributed by atoms with Gasteiger partial charge in [0.15, 0.2) is 5.96 Å². The number of nitrogens with two attached hydrogens (primary N) is 1. The molecule has 3 aliphatic rings. The first-order valence-electron chi connectivity index (χ1n) is 10.1. The molecule has 3 N–H and O–H groups in total. The average molecular weight is 392 g/mol. The minimum absolute atomic E-state index is 0.203. The van der Waals surface area contributed by atoms with Crippen LogP contribution in [0.2, 0.25) is 0 Å². The number of hydrogen-bond acceptors (Lipinski definition) is 6. The van der Waals surface area contributed by atoms with Crippen LogP contribution >= 0.6 is 0 Å². The first-order chi connectivity index (χ1) is 14.1. The van der Waals surface area contributed by atoms with E-state index in [0.717, 1.165) is 72.8 Å². The molecule has 1 aliphatic carbocycles. The predicted molar refractivity (Wildman–Crippen MR) is 113 cm³/mol. The van der Waals surface area contributed by atoms with E-state index in [0.29, 0.717) is 5.96 Å². The fourth-order valence-corrected chi connectivity index (χ4v) is 4.43. The molecule has 2 aliphatic heterocycles. The van der Waals surface area contributed by atoms with Crippen LogP contribution in [-0.2, 0) is 6.42 Å². The zero-order valence-electron chi connectivity index (χ0n) is 16.5. The summed E-state index contributed by atoms with van der Waals surface area (Å²) in [6.07, 6.45) is 3.54. The molecule has 0 radical (unpaired) electrons. The molecule has 7 heteroatoms. The Morgan fingerprint density at radius 1 is 1.10 bits per heavy atom.